The van der Waals surface area contributed by atoms with E-state index in [1.54, 1.807) is 37.5 Å². The molecule has 0 spiro atoms. The Balaban J connectivity index is 2.82. The highest BCUT2D eigenvalue weighted by molar-refractivity contribution is 5.72. The summed E-state index contributed by atoms with van der Waals surface area (Å²) < 4.78 is 41.5. The molecule has 0 radical (unpaired) electrons. The molecule has 1 aromatic rings. The van der Waals surface area contributed by atoms with Gasteiger partial charge in [0.25, 0.3) is 0 Å². The van der Waals surface area contributed by atoms with Crippen LogP contribution in [0.3, 0.4) is 0 Å². The molecule has 0 saturated heterocycles. The molecule has 2 nitrogen and oxygen atoms in total. The fourth-order valence-corrected chi connectivity index (χ4v) is 1.56. The van der Waals surface area contributed by atoms with Gasteiger partial charge in [-0.15, -0.1) is 0 Å². The quantitative estimate of drug-likeness (QED) is 0.561. The van der Waals surface area contributed by atoms with Crippen molar-refractivity contribution < 1.29 is 17.9 Å². The Kier molecular flexibility index (Phi) is 6.21. The predicted octanol–water partition coefficient (Wildman–Crippen LogP) is 4.70. The van der Waals surface area contributed by atoms with E-state index in [4.69, 9.17) is 4.74 Å². The highest BCUT2D eigenvalue weighted by Gasteiger charge is 2.26. The number of ether oxygens (including phenoxy) is 1. The van der Waals surface area contributed by atoms with Gasteiger partial charge in [0.15, 0.2) is 0 Å². The zero-order valence-corrected chi connectivity index (χ0v) is 12.1. The lowest BCUT2D eigenvalue weighted by Crippen LogP contribution is -2.08. The van der Waals surface area contributed by atoms with Gasteiger partial charge in [0.1, 0.15) is 0 Å². The van der Waals surface area contributed by atoms with Gasteiger partial charge >= 0.3 is 6.18 Å². The Labute approximate surface area is 122 Å². The Hall–Kier alpha value is -2.04. The van der Waals surface area contributed by atoms with Crippen LogP contribution in [0.5, 0.6) is 0 Å². The van der Waals surface area contributed by atoms with Crippen molar-refractivity contribution in [1.82, 2.24) is 4.98 Å². The summed E-state index contributed by atoms with van der Waals surface area (Å²) in [6.45, 7) is 5.52. The van der Waals surface area contributed by atoms with Crippen LogP contribution >= 0.6 is 0 Å². The number of aryl methyl sites for hydroxylation is 1. The Morgan fingerprint density at radius 3 is 2.52 bits per heavy atom. The molecule has 0 aliphatic heterocycles. The molecule has 21 heavy (non-hydrogen) atoms. The lowest BCUT2D eigenvalue weighted by molar-refractivity contribution is -0.134. The second-order valence-electron chi connectivity index (χ2n) is 4.47. The number of pyridine rings is 1. The van der Waals surface area contributed by atoms with Crippen molar-refractivity contribution >= 4 is 5.57 Å². The molecule has 0 aromatic carbocycles. The number of allylic oxidation sites excluding steroid dienone is 5. The lowest BCUT2D eigenvalue weighted by atomic mass is 10.1. The largest absolute Gasteiger partial charge is 0.501 e. The van der Waals surface area contributed by atoms with Crippen LogP contribution in [0, 0.1) is 0 Å². The first-order chi connectivity index (χ1) is 9.85. The van der Waals surface area contributed by atoms with E-state index in [2.05, 4.69) is 11.6 Å². The van der Waals surface area contributed by atoms with Gasteiger partial charge in [-0.1, -0.05) is 18.7 Å². The van der Waals surface area contributed by atoms with Crippen molar-refractivity contribution in [3.05, 3.63) is 60.2 Å². The zero-order valence-electron chi connectivity index (χ0n) is 12.1. The van der Waals surface area contributed by atoms with Gasteiger partial charge in [0, 0.05) is 12.6 Å². The second-order valence-corrected chi connectivity index (χ2v) is 4.47. The summed E-state index contributed by atoms with van der Waals surface area (Å²) in [4.78, 5) is 4.18. The number of methoxy groups -OCH3 is 1. The van der Waals surface area contributed by atoms with E-state index in [9.17, 15) is 13.2 Å². The van der Waals surface area contributed by atoms with Crippen LogP contribution in [-0.4, -0.2) is 18.3 Å². The molecular weight excluding hydrogens is 279 g/mol. The lowest BCUT2D eigenvalue weighted by Gasteiger charge is -2.07. The highest BCUT2D eigenvalue weighted by Crippen LogP contribution is 2.22. The molecule has 5 heteroatoms. The first-order valence-corrected chi connectivity index (χ1v) is 6.43. The maximum Gasteiger partial charge on any atom is 0.389 e. The molecule has 0 fully saturated rings. The summed E-state index contributed by atoms with van der Waals surface area (Å²) in [5.41, 5.74) is 1.98. The van der Waals surface area contributed by atoms with E-state index in [1.807, 2.05) is 6.92 Å². The van der Waals surface area contributed by atoms with E-state index < -0.39 is 12.6 Å². The van der Waals surface area contributed by atoms with E-state index in [-0.39, 0.29) is 6.42 Å². The molecule has 0 saturated carbocycles. The number of nitrogens with zero attached hydrogens (tertiary/aromatic N) is 1. The predicted molar refractivity (Wildman–Crippen MR) is 77.6 cm³/mol. The minimum absolute atomic E-state index is 0.0629. The average molecular weight is 297 g/mol. The molecule has 0 bridgehead atoms. The third kappa shape index (κ3) is 6.29. The third-order valence-electron chi connectivity index (χ3n) is 2.86. The smallest absolute Gasteiger partial charge is 0.389 e. The van der Waals surface area contributed by atoms with Gasteiger partial charge in [-0.2, -0.15) is 13.2 Å². The summed E-state index contributed by atoms with van der Waals surface area (Å²) in [7, 11) is 1.57. The van der Waals surface area contributed by atoms with Gasteiger partial charge in [-0.05, 0) is 42.7 Å². The number of alkyl halides is 3. The molecule has 0 unspecified atom stereocenters. The summed E-state index contributed by atoms with van der Waals surface area (Å²) in [6, 6.07) is 3.34. The van der Waals surface area contributed by atoms with E-state index in [1.165, 1.54) is 6.20 Å². The van der Waals surface area contributed by atoms with Crippen LogP contribution < -0.4 is 0 Å². The van der Waals surface area contributed by atoms with Gasteiger partial charge in [0.05, 0.1) is 18.6 Å². The topological polar surface area (TPSA) is 22.1 Å². The standard InChI is InChI=1S/C16H18F3NO/c1-4-14(7-5-12(2)21-3)15-8-6-13(11-20-15)9-10-16(17,18)19/h4-8,11H,1,9-10H2,2-3H3/b12-5+,14-7+. The van der Waals surface area contributed by atoms with Crippen molar-refractivity contribution in [3.8, 4) is 0 Å². The van der Waals surface area contributed by atoms with Crippen molar-refractivity contribution in [1.29, 1.82) is 0 Å². The number of aromatic nitrogens is 1. The van der Waals surface area contributed by atoms with Gasteiger partial charge in [-0.3, -0.25) is 4.98 Å². The van der Waals surface area contributed by atoms with Crippen LogP contribution in [0.4, 0.5) is 13.2 Å². The second kappa shape index (κ2) is 7.67. The number of halogens is 3. The van der Waals surface area contributed by atoms with E-state index >= 15 is 0 Å². The molecular formula is C16H18F3NO. The van der Waals surface area contributed by atoms with Crippen LogP contribution in [-0.2, 0) is 11.2 Å². The fourth-order valence-electron chi connectivity index (χ4n) is 1.56. The number of hydrogen-bond donors (Lipinski definition) is 0. The molecule has 1 rings (SSSR count). The van der Waals surface area contributed by atoms with Crippen LogP contribution in [0.2, 0.25) is 0 Å². The molecule has 1 heterocycles. The van der Waals surface area contributed by atoms with E-state index in [0.29, 0.717) is 11.3 Å². The maximum absolute atomic E-state index is 12.2. The Morgan fingerprint density at radius 2 is 2.05 bits per heavy atom. The summed E-state index contributed by atoms with van der Waals surface area (Å²) in [6.07, 6.45) is 1.62. The van der Waals surface area contributed by atoms with Crippen LogP contribution in [0.25, 0.3) is 5.57 Å². The molecule has 0 N–H and O–H groups in total. The fraction of sp³-hybridized carbons (Fsp3) is 0.312. The van der Waals surface area contributed by atoms with Crippen molar-refractivity contribution in [2.45, 2.75) is 25.9 Å². The first kappa shape index (κ1) is 17.0. The van der Waals surface area contributed by atoms with Crippen molar-refractivity contribution in [2.75, 3.05) is 7.11 Å². The maximum atomic E-state index is 12.2. The zero-order chi connectivity index (χ0) is 15.9. The molecule has 1 aromatic heterocycles. The van der Waals surface area contributed by atoms with Gasteiger partial charge in [-0.25, -0.2) is 0 Å². The van der Waals surface area contributed by atoms with Crippen LogP contribution in [0.15, 0.2) is 48.9 Å². The molecule has 0 aliphatic rings. The summed E-state index contributed by atoms with van der Waals surface area (Å²) in [5.74, 6) is 0.733. The minimum Gasteiger partial charge on any atom is -0.501 e. The Bertz CT molecular complexity index is 527. The highest BCUT2D eigenvalue weighted by atomic mass is 19.4. The minimum atomic E-state index is -4.15. The van der Waals surface area contributed by atoms with Gasteiger partial charge < -0.3 is 4.74 Å². The van der Waals surface area contributed by atoms with Crippen molar-refractivity contribution in [2.24, 2.45) is 0 Å². The van der Waals surface area contributed by atoms with E-state index in [0.717, 1.165) is 11.3 Å². The average Bonchev–Trinajstić information content (AvgIpc) is 2.45. The van der Waals surface area contributed by atoms with Gasteiger partial charge in [0.2, 0.25) is 0 Å². The molecule has 0 aliphatic carbocycles. The third-order valence-corrected chi connectivity index (χ3v) is 2.86. The number of rotatable bonds is 6. The molecule has 114 valence electrons. The monoisotopic (exact) mass is 297 g/mol. The van der Waals surface area contributed by atoms with Crippen molar-refractivity contribution in [3.63, 3.8) is 0 Å². The SMILES string of the molecule is C=C/C(=C\C=C(/C)OC)c1ccc(CCC(F)(F)F)cn1. The summed E-state index contributed by atoms with van der Waals surface area (Å²) in [5, 5.41) is 0. The molecule has 0 atom stereocenters. The normalized spacial score (nSPS) is 13.2. The van der Waals surface area contributed by atoms with Crippen LogP contribution in [0.1, 0.15) is 24.6 Å². The molecule has 0 amide bonds. The number of hydrogen-bond acceptors (Lipinski definition) is 2. The Morgan fingerprint density at radius 1 is 1.33 bits per heavy atom. The first-order valence-electron chi connectivity index (χ1n) is 6.43. The summed E-state index contributed by atoms with van der Waals surface area (Å²) >= 11 is 0.